The van der Waals surface area contributed by atoms with Gasteiger partial charge >= 0.3 is 0 Å². The molecule has 0 aliphatic heterocycles. The molecule has 1 unspecified atom stereocenters. The molecule has 1 aromatic rings. The summed E-state index contributed by atoms with van der Waals surface area (Å²) in [5, 5.41) is 3.41. The lowest BCUT2D eigenvalue weighted by atomic mass is 10.1. The highest BCUT2D eigenvalue weighted by molar-refractivity contribution is 5.47. The van der Waals surface area contributed by atoms with Crippen LogP contribution in [0.25, 0.3) is 0 Å². The fourth-order valence-corrected chi connectivity index (χ4v) is 2.54. The molecule has 3 nitrogen and oxygen atoms in total. The zero-order valence-corrected chi connectivity index (χ0v) is 13.4. The van der Waals surface area contributed by atoms with Gasteiger partial charge in [-0.15, -0.1) is 0 Å². The lowest BCUT2D eigenvalue weighted by molar-refractivity contribution is 0.568. The minimum absolute atomic E-state index is 0.332. The Bertz CT molecular complexity index is 395. The summed E-state index contributed by atoms with van der Waals surface area (Å²) in [6.07, 6.45) is 6.00. The van der Waals surface area contributed by atoms with Crippen LogP contribution >= 0.6 is 0 Å². The highest BCUT2D eigenvalue weighted by Crippen LogP contribution is 2.32. The van der Waals surface area contributed by atoms with Gasteiger partial charge in [0.25, 0.3) is 0 Å². The maximum atomic E-state index is 4.65. The number of hydrogen-bond donors (Lipinski definition) is 1. The standard InChI is InChI=1S/C17H29N3/c1-5-18-14(4)17-9-8-16(12-19-17)20(15-6-7-15)11-10-13(2)3/h8-9,12-15,18H,5-7,10-11H2,1-4H3. The quantitative estimate of drug-likeness (QED) is 0.783. The number of nitrogens with zero attached hydrogens (tertiary/aromatic N) is 2. The minimum atomic E-state index is 0.332. The zero-order valence-electron chi connectivity index (χ0n) is 13.4. The van der Waals surface area contributed by atoms with Crippen molar-refractivity contribution in [2.75, 3.05) is 18.0 Å². The van der Waals surface area contributed by atoms with E-state index in [2.05, 4.69) is 61.2 Å². The van der Waals surface area contributed by atoms with Crippen molar-refractivity contribution >= 4 is 5.69 Å². The average molecular weight is 275 g/mol. The molecule has 1 aliphatic carbocycles. The van der Waals surface area contributed by atoms with Crippen molar-refractivity contribution in [3.8, 4) is 0 Å². The molecule has 0 spiro atoms. The SMILES string of the molecule is CCNC(C)c1ccc(N(CCC(C)C)C2CC2)cn1. The molecule has 3 heteroatoms. The van der Waals surface area contributed by atoms with Gasteiger partial charge in [-0.25, -0.2) is 0 Å². The van der Waals surface area contributed by atoms with Crippen LogP contribution in [0, 0.1) is 5.92 Å². The van der Waals surface area contributed by atoms with Crippen molar-refractivity contribution in [2.24, 2.45) is 5.92 Å². The molecule has 1 N–H and O–H groups in total. The van der Waals surface area contributed by atoms with E-state index < -0.39 is 0 Å². The van der Waals surface area contributed by atoms with Crippen molar-refractivity contribution in [1.29, 1.82) is 0 Å². The molecule has 1 atom stereocenters. The molecule has 1 fully saturated rings. The van der Waals surface area contributed by atoms with Crippen LogP contribution in [0.2, 0.25) is 0 Å². The lowest BCUT2D eigenvalue weighted by Gasteiger charge is -2.25. The number of aromatic nitrogens is 1. The van der Waals surface area contributed by atoms with Crippen molar-refractivity contribution in [2.45, 2.75) is 59.0 Å². The largest absolute Gasteiger partial charge is 0.367 e. The summed E-state index contributed by atoms with van der Waals surface area (Å²) in [4.78, 5) is 7.20. The van der Waals surface area contributed by atoms with E-state index in [0.717, 1.165) is 30.7 Å². The Labute approximate surface area is 123 Å². The van der Waals surface area contributed by atoms with Crippen molar-refractivity contribution in [3.63, 3.8) is 0 Å². The van der Waals surface area contributed by atoms with E-state index >= 15 is 0 Å². The van der Waals surface area contributed by atoms with Gasteiger partial charge in [0.15, 0.2) is 0 Å². The number of nitrogens with one attached hydrogen (secondary N) is 1. The zero-order chi connectivity index (χ0) is 14.5. The summed E-state index contributed by atoms with van der Waals surface area (Å²) in [5.74, 6) is 0.761. The van der Waals surface area contributed by atoms with Crippen LogP contribution < -0.4 is 10.2 Å². The summed E-state index contributed by atoms with van der Waals surface area (Å²) in [5.41, 5.74) is 2.43. The lowest BCUT2D eigenvalue weighted by Crippen LogP contribution is -2.28. The normalized spacial score (nSPS) is 16.4. The van der Waals surface area contributed by atoms with E-state index in [4.69, 9.17) is 0 Å². The van der Waals surface area contributed by atoms with E-state index in [1.807, 2.05) is 0 Å². The monoisotopic (exact) mass is 275 g/mol. The molecular weight excluding hydrogens is 246 g/mol. The topological polar surface area (TPSA) is 28.2 Å². The van der Waals surface area contributed by atoms with E-state index in [9.17, 15) is 0 Å². The predicted octanol–water partition coefficient (Wildman–Crippen LogP) is 3.77. The molecule has 1 aromatic heterocycles. The molecule has 0 radical (unpaired) electrons. The van der Waals surface area contributed by atoms with Gasteiger partial charge in [0.2, 0.25) is 0 Å². The fraction of sp³-hybridized carbons (Fsp3) is 0.706. The van der Waals surface area contributed by atoms with Gasteiger partial charge in [0.1, 0.15) is 0 Å². The summed E-state index contributed by atoms with van der Waals surface area (Å²) >= 11 is 0. The van der Waals surface area contributed by atoms with Crippen LogP contribution in [0.1, 0.15) is 58.7 Å². The van der Waals surface area contributed by atoms with Crippen LogP contribution in [0.15, 0.2) is 18.3 Å². The molecule has 0 saturated heterocycles. The second kappa shape index (κ2) is 7.07. The van der Waals surface area contributed by atoms with E-state index in [-0.39, 0.29) is 0 Å². The van der Waals surface area contributed by atoms with Gasteiger partial charge in [0.05, 0.1) is 17.6 Å². The maximum Gasteiger partial charge on any atom is 0.0572 e. The first-order valence-corrected chi connectivity index (χ1v) is 8.07. The second-order valence-corrected chi connectivity index (χ2v) is 6.33. The highest BCUT2D eigenvalue weighted by Gasteiger charge is 2.29. The van der Waals surface area contributed by atoms with Crippen molar-refractivity contribution in [1.82, 2.24) is 10.3 Å². The molecular formula is C17H29N3. The molecule has 0 amide bonds. The maximum absolute atomic E-state index is 4.65. The predicted molar refractivity (Wildman–Crippen MR) is 86.2 cm³/mol. The Morgan fingerprint density at radius 1 is 1.30 bits per heavy atom. The van der Waals surface area contributed by atoms with Gasteiger partial charge in [-0.1, -0.05) is 20.8 Å². The molecule has 1 saturated carbocycles. The molecule has 1 aliphatic rings. The molecule has 0 aromatic carbocycles. The highest BCUT2D eigenvalue weighted by atomic mass is 15.2. The van der Waals surface area contributed by atoms with E-state index in [1.165, 1.54) is 24.9 Å². The van der Waals surface area contributed by atoms with Crippen LogP contribution in [-0.2, 0) is 0 Å². The minimum Gasteiger partial charge on any atom is -0.367 e. The number of anilines is 1. The van der Waals surface area contributed by atoms with Crippen molar-refractivity contribution in [3.05, 3.63) is 24.0 Å². The first-order chi connectivity index (χ1) is 9.61. The summed E-state index contributed by atoms with van der Waals surface area (Å²) in [7, 11) is 0. The Morgan fingerprint density at radius 3 is 2.55 bits per heavy atom. The average Bonchev–Trinajstić information content (AvgIpc) is 3.24. The smallest absolute Gasteiger partial charge is 0.0572 e. The molecule has 112 valence electrons. The first kappa shape index (κ1) is 15.3. The van der Waals surface area contributed by atoms with Gasteiger partial charge < -0.3 is 10.2 Å². The third-order valence-electron chi connectivity index (χ3n) is 3.99. The molecule has 0 bridgehead atoms. The Balaban J connectivity index is 2.02. The van der Waals surface area contributed by atoms with Crippen molar-refractivity contribution < 1.29 is 0 Å². The van der Waals surface area contributed by atoms with E-state index in [0.29, 0.717) is 6.04 Å². The van der Waals surface area contributed by atoms with Crippen LogP contribution in [0.5, 0.6) is 0 Å². The summed E-state index contributed by atoms with van der Waals surface area (Å²) in [6.45, 7) is 11.0. The molecule has 1 heterocycles. The third-order valence-corrected chi connectivity index (χ3v) is 3.99. The summed E-state index contributed by atoms with van der Waals surface area (Å²) < 4.78 is 0. The van der Waals surface area contributed by atoms with E-state index in [1.54, 1.807) is 0 Å². The first-order valence-electron chi connectivity index (χ1n) is 8.07. The fourth-order valence-electron chi connectivity index (χ4n) is 2.54. The number of hydrogen-bond acceptors (Lipinski definition) is 3. The Hall–Kier alpha value is -1.09. The van der Waals surface area contributed by atoms with Gasteiger partial charge in [-0.3, -0.25) is 4.98 Å². The van der Waals surface area contributed by atoms with Crippen LogP contribution in [0.3, 0.4) is 0 Å². The van der Waals surface area contributed by atoms with Crippen LogP contribution in [0.4, 0.5) is 5.69 Å². The summed E-state index contributed by atoms with van der Waals surface area (Å²) in [6, 6.07) is 5.51. The molecule has 20 heavy (non-hydrogen) atoms. The Morgan fingerprint density at radius 2 is 2.05 bits per heavy atom. The Kier molecular flexibility index (Phi) is 5.41. The second-order valence-electron chi connectivity index (χ2n) is 6.33. The third kappa shape index (κ3) is 4.20. The number of pyridine rings is 1. The van der Waals surface area contributed by atoms with Gasteiger partial charge in [-0.2, -0.15) is 0 Å². The van der Waals surface area contributed by atoms with Gasteiger partial charge in [0, 0.05) is 18.6 Å². The van der Waals surface area contributed by atoms with Gasteiger partial charge in [-0.05, 0) is 50.8 Å². The molecule has 2 rings (SSSR count). The number of rotatable bonds is 8. The van der Waals surface area contributed by atoms with Crippen LogP contribution in [-0.4, -0.2) is 24.1 Å².